The second kappa shape index (κ2) is 8.02. The molecular weight excluding hydrogens is 338 g/mol. The summed E-state index contributed by atoms with van der Waals surface area (Å²) >= 11 is 0. The van der Waals surface area contributed by atoms with Crippen molar-refractivity contribution in [3.63, 3.8) is 0 Å². The third-order valence-corrected chi connectivity index (χ3v) is 5.56. The van der Waals surface area contributed by atoms with Crippen LogP contribution >= 0.6 is 0 Å². The second-order valence-corrected chi connectivity index (χ2v) is 8.14. The summed E-state index contributed by atoms with van der Waals surface area (Å²) in [5.74, 6) is -1.70. The first-order valence-electron chi connectivity index (χ1n) is 7.91. The summed E-state index contributed by atoms with van der Waals surface area (Å²) in [5, 5.41) is 2.83. The minimum atomic E-state index is -3.14. The van der Waals surface area contributed by atoms with Crippen molar-refractivity contribution in [1.82, 2.24) is 9.62 Å². The van der Waals surface area contributed by atoms with E-state index in [9.17, 15) is 22.0 Å². The maximum atomic E-state index is 13.1. The van der Waals surface area contributed by atoms with Crippen molar-refractivity contribution in [2.24, 2.45) is 5.92 Å². The molecule has 1 heterocycles. The first kappa shape index (κ1) is 18.8. The Hall–Kier alpha value is -1.54. The number of nitrogens with zero attached hydrogens (tertiary/aromatic N) is 1. The number of benzene rings is 1. The van der Waals surface area contributed by atoms with Gasteiger partial charge in [0.1, 0.15) is 0 Å². The van der Waals surface area contributed by atoms with Gasteiger partial charge in [-0.2, -0.15) is 0 Å². The van der Waals surface area contributed by atoms with E-state index in [-0.39, 0.29) is 18.2 Å². The van der Waals surface area contributed by atoms with Crippen molar-refractivity contribution in [2.75, 3.05) is 25.9 Å². The predicted molar refractivity (Wildman–Crippen MR) is 86.8 cm³/mol. The van der Waals surface area contributed by atoms with Crippen molar-refractivity contribution >= 4 is 15.9 Å². The van der Waals surface area contributed by atoms with Crippen LogP contribution < -0.4 is 5.32 Å². The Balaban J connectivity index is 1.69. The molecule has 1 N–H and O–H groups in total. The van der Waals surface area contributed by atoms with E-state index in [1.165, 1.54) is 16.6 Å². The zero-order valence-corrected chi connectivity index (χ0v) is 14.4. The van der Waals surface area contributed by atoms with Gasteiger partial charge in [0.25, 0.3) is 0 Å². The zero-order valence-electron chi connectivity index (χ0n) is 13.6. The number of piperidine rings is 1. The lowest BCUT2D eigenvalue weighted by molar-refractivity contribution is -0.121. The Morgan fingerprint density at radius 3 is 2.50 bits per heavy atom. The standard InChI is InChI=1S/C16H22F2N2O3S/c1-24(22,23)20-8-6-13(7-9-20)11-19-16(21)5-3-12-2-4-14(17)15(18)10-12/h2,4,10,13H,3,5-9,11H2,1H3,(H,19,21). The highest BCUT2D eigenvalue weighted by Crippen LogP contribution is 2.18. The van der Waals surface area contributed by atoms with Gasteiger partial charge >= 0.3 is 0 Å². The van der Waals surface area contributed by atoms with Gasteiger partial charge in [0.2, 0.25) is 15.9 Å². The van der Waals surface area contributed by atoms with Crippen LogP contribution in [0.15, 0.2) is 18.2 Å². The summed E-state index contributed by atoms with van der Waals surface area (Å²) in [6.07, 6.45) is 3.18. The molecule has 0 bridgehead atoms. The fraction of sp³-hybridized carbons (Fsp3) is 0.562. The molecule has 1 aromatic carbocycles. The fourth-order valence-electron chi connectivity index (χ4n) is 2.74. The molecule has 1 aliphatic heterocycles. The van der Waals surface area contributed by atoms with Crippen LogP contribution in [-0.4, -0.2) is 44.5 Å². The number of nitrogens with one attached hydrogen (secondary N) is 1. The molecule has 1 amide bonds. The molecule has 0 spiro atoms. The van der Waals surface area contributed by atoms with Gasteiger partial charge in [0.05, 0.1) is 6.26 Å². The Morgan fingerprint density at radius 1 is 1.25 bits per heavy atom. The van der Waals surface area contributed by atoms with E-state index in [0.29, 0.717) is 31.6 Å². The molecule has 2 rings (SSSR count). The molecule has 8 heteroatoms. The third-order valence-electron chi connectivity index (χ3n) is 4.26. The SMILES string of the molecule is CS(=O)(=O)N1CCC(CNC(=O)CCc2ccc(F)c(F)c2)CC1. The van der Waals surface area contributed by atoms with Crippen LogP contribution in [0, 0.1) is 17.6 Å². The third kappa shape index (κ3) is 5.52. The van der Waals surface area contributed by atoms with Gasteiger partial charge in [-0.05, 0) is 42.9 Å². The van der Waals surface area contributed by atoms with Crippen molar-refractivity contribution in [1.29, 1.82) is 0 Å². The van der Waals surface area contributed by atoms with Gasteiger partial charge in [-0.15, -0.1) is 0 Å². The van der Waals surface area contributed by atoms with E-state index < -0.39 is 21.7 Å². The number of aryl methyl sites for hydroxylation is 1. The number of carbonyl (C=O) groups excluding carboxylic acids is 1. The Bertz CT molecular complexity index is 687. The molecule has 0 radical (unpaired) electrons. The van der Waals surface area contributed by atoms with Gasteiger partial charge in [-0.25, -0.2) is 21.5 Å². The summed E-state index contributed by atoms with van der Waals surface area (Å²) in [4.78, 5) is 11.8. The average Bonchev–Trinajstić information content (AvgIpc) is 2.53. The number of hydrogen-bond donors (Lipinski definition) is 1. The quantitative estimate of drug-likeness (QED) is 0.839. The van der Waals surface area contributed by atoms with Crippen LogP contribution in [0.3, 0.4) is 0 Å². The summed E-state index contributed by atoms with van der Waals surface area (Å²) < 4.78 is 50.2. The number of hydrogen-bond acceptors (Lipinski definition) is 3. The van der Waals surface area contributed by atoms with E-state index in [2.05, 4.69) is 5.32 Å². The van der Waals surface area contributed by atoms with Crippen molar-refractivity contribution in [3.05, 3.63) is 35.4 Å². The smallest absolute Gasteiger partial charge is 0.220 e. The molecule has 1 fully saturated rings. The molecule has 0 aliphatic carbocycles. The van der Waals surface area contributed by atoms with Crippen LogP contribution in [0.25, 0.3) is 0 Å². The molecule has 0 saturated carbocycles. The van der Waals surface area contributed by atoms with Crippen molar-refractivity contribution < 1.29 is 22.0 Å². The van der Waals surface area contributed by atoms with Gasteiger partial charge in [0.15, 0.2) is 11.6 Å². The molecular formula is C16H22F2N2O3S. The predicted octanol–water partition coefficient (Wildman–Crippen LogP) is 1.69. The minimum absolute atomic E-state index is 0.148. The highest BCUT2D eigenvalue weighted by Gasteiger charge is 2.24. The lowest BCUT2D eigenvalue weighted by Gasteiger charge is -2.30. The average molecular weight is 360 g/mol. The highest BCUT2D eigenvalue weighted by atomic mass is 32.2. The second-order valence-electron chi connectivity index (χ2n) is 6.16. The largest absolute Gasteiger partial charge is 0.356 e. The van der Waals surface area contributed by atoms with Gasteiger partial charge in [0, 0.05) is 26.1 Å². The summed E-state index contributed by atoms with van der Waals surface area (Å²) in [5.41, 5.74) is 0.575. The lowest BCUT2D eigenvalue weighted by Crippen LogP contribution is -2.41. The van der Waals surface area contributed by atoms with Crippen molar-refractivity contribution in [2.45, 2.75) is 25.7 Å². The number of amides is 1. The minimum Gasteiger partial charge on any atom is -0.356 e. The molecule has 24 heavy (non-hydrogen) atoms. The molecule has 1 aliphatic rings. The van der Waals surface area contributed by atoms with Gasteiger partial charge < -0.3 is 5.32 Å². The molecule has 0 aromatic heterocycles. The van der Waals surface area contributed by atoms with E-state index in [1.807, 2.05) is 0 Å². The fourth-order valence-corrected chi connectivity index (χ4v) is 3.62. The normalized spacial score (nSPS) is 17.0. The summed E-state index contributed by atoms with van der Waals surface area (Å²) in [7, 11) is -3.14. The number of rotatable bonds is 6. The number of sulfonamides is 1. The van der Waals surface area contributed by atoms with Crippen LogP contribution in [0.1, 0.15) is 24.8 Å². The maximum absolute atomic E-state index is 13.1. The number of carbonyl (C=O) groups is 1. The maximum Gasteiger partial charge on any atom is 0.220 e. The first-order chi connectivity index (χ1) is 11.3. The van der Waals surface area contributed by atoms with E-state index in [1.54, 1.807) is 0 Å². The molecule has 1 saturated heterocycles. The van der Waals surface area contributed by atoms with Crippen molar-refractivity contribution in [3.8, 4) is 0 Å². The molecule has 0 atom stereocenters. The van der Waals surface area contributed by atoms with E-state index in [0.717, 1.165) is 25.0 Å². The Kier molecular flexibility index (Phi) is 6.28. The molecule has 5 nitrogen and oxygen atoms in total. The molecule has 134 valence electrons. The molecule has 1 aromatic rings. The Morgan fingerprint density at radius 2 is 1.92 bits per heavy atom. The van der Waals surface area contributed by atoms with E-state index >= 15 is 0 Å². The highest BCUT2D eigenvalue weighted by molar-refractivity contribution is 7.88. The van der Waals surface area contributed by atoms with Gasteiger partial charge in [-0.1, -0.05) is 6.07 Å². The van der Waals surface area contributed by atoms with E-state index in [4.69, 9.17) is 0 Å². The summed E-state index contributed by atoms with van der Waals surface area (Å²) in [6.45, 7) is 1.47. The number of halogens is 2. The van der Waals surface area contributed by atoms with Crippen LogP contribution in [0.5, 0.6) is 0 Å². The summed E-state index contributed by atoms with van der Waals surface area (Å²) in [6, 6.07) is 3.62. The monoisotopic (exact) mass is 360 g/mol. The van der Waals surface area contributed by atoms with Gasteiger partial charge in [-0.3, -0.25) is 4.79 Å². The van der Waals surface area contributed by atoms with Crippen LogP contribution in [0.4, 0.5) is 8.78 Å². The lowest BCUT2D eigenvalue weighted by atomic mass is 9.98. The topological polar surface area (TPSA) is 66.5 Å². The van der Waals surface area contributed by atoms with Crippen LogP contribution in [0.2, 0.25) is 0 Å². The first-order valence-corrected chi connectivity index (χ1v) is 9.76. The zero-order chi connectivity index (χ0) is 17.7. The van der Waals surface area contributed by atoms with Crippen LogP contribution in [-0.2, 0) is 21.2 Å². The molecule has 0 unspecified atom stereocenters. The Labute approximate surface area is 141 Å².